The number of ether oxygens (including phenoxy) is 2. The Kier molecular flexibility index (Phi) is 8.84. The SMILES string of the molecule is CCCC(NCCOCCOC)c1ccc(Cl)cc1. The third kappa shape index (κ3) is 6.92. The Bertz CT molecular complexity index is 329. The van der Waals surface area contributed by atoms with E-state index in [2.05, 4.69) is 24.4 Å². The minimum Gasteiger partial charge on any atom is -0.382 e. The zero-order chi connectivity index (χ0) is 13.9. The Morgan fingerprint density at radius 2 is 1.89 bits per heavy atom. The van der Waals surface area contributed by atoms with Crippen LogP contribution in [0.1, 0.15) is 31.4 Å². The fraction of sp³-hybridized carbons (Fsp3) is 0.600. The number of hydrogen-bond acceptors (Lipinski definition) is 3. The number of methoxy groups -OCH3 is 1. The molecule has 0 aliphatic rings. The lowest BCUT2D eigenvalue weighted by molar-refractivity contribution is 0.0709. The van der Waals surface area contributed by atoms with Crippen molar-refractivity contribution in [3.63, 3.8) is 0 Å². The topological polar surface area (TPSA) is 30.5 Å². The Morgan fingerprint density at radius 3 is 2.53 bits per heavy atom. The van der Waals surface area contributed by atoms with E-state index in [1.165, 1.54) is 5.56 Å². The van der Waals surface area contributed by atoms with Crippen LogP contribution in [0.4, 0.5) is 0 Å². The predicted molar refractivity (Wildman–Crippen MR) is 79.8 cm³/mol. The summed E-state index contributed by atoms with van der Waals surface area (Å²) >= 11 is 5.92. The fourth-order valence-electron chi connectivity index (χ4n) is 1.92. The van der Waals surface area contributed by atoms with Crippen LogP contribution < -0.4 is 5.32 Å². The first-order valence-electron chi connectivity index (χ1n) is 6.83. The molecule has 4 heteroatoms. The molecule has 0 radical (unpaired) electrons. The first-order chi connectivity index (χ1) is 9.27. The number of halogens is 1. The standard InChI is InChI=1S/C15H24ClNO2/c1-3-4-15(13-5-7-14(16)8-6-13)17-9-10-19-12-11-18-2/h5-8,15,17H,3-4,9-12H2,1-2H3. The second kappa shape index (κ2) is 10.2. The van der Waals surface area contributed by atoms with E-state index in [4.69, 9.17) is 21.1 Å². The van der Waals surface area contributed by atoms with Gasteiger partial charge in [0.15, 0.2) is 0 Å². The monoisotopic (exact) mass is 285 g/mol. The molecular formula is C15H24ClNO2. The maximum Gasteiger partial charge on any atom is 0.0700 e. The molecule has 1 atom stereocenters. The van der Waals surface area contributed by atoms with Gasteiger partial charge >= 0.3 is 0 Å². The van der Waals surface area contributed by atoms with E-state index < -0.39 is 0 Å². The molecule has 1 rings (SSSR count). The van der Waals surface area contributed by atoms with Gasteiger partial charge in [-0.05, 0) is 24.1 Å². The third-order valence-corrected chi connectivity index (χ3v) is 3.17. The van der Waals surface area contributed by atoms with E-state index in [-0.39, 0.29) is 0 Å². The lowest BCUT2D eigenvalue weighted by atomic mass is 10.0. The zero-order valence-electron chi connectivity index (χ0n) is 11.8. The molecule has 0 spiro atoms. The summed E-state index contributed by atoms with van der Waals surface area (Å²) in [6.45, 7) is 5.04. The Hall–Kier alpha value is -0.610. The number of nitrogens with one attached hydrogen (secondary N) is 1. The molecule has 0 saturated carbocycles. The molecule has 0 fully saturated rings. The summed E-state index contributed by atoms with van der Waals surface area (Å²) in [5.74, 6) is 0. The van der Waals surface area contributed by atoms with Crippen LogP contribution in [0.5, 0.6) is 0 Å². The summed E-state index contributed by atoms with van der Waals surface area (Å²) in [5.41, 5.74) is 1.28. The van der Waals surface area contributed by atoms with Crippen molar-refractivity contribution in [2.24, 2.45) is 0 Å². The molecule has 1 aromatic carbocycles. The molecule has 1 unspecified atom stereocenters. The summed E-state index contributed by atoms with van der Waals surface area (Å²) in [6, 6.07) is 8.42. The molecule has 0 heterocycles. The molecule has 19 heavy (non-hydrogen) atoms. The molecule has 3 nitrogen and oxygen atoms in total. The van der Waals surface area contributed by atoms with E-state index in [1.54, 1.807) is 7.11 Å². The second-order valence-corrected chi connectivity index (χ2v) is 4.89. The third-order valence-electron chi connectivity index (χ3n) is 2.92. The molecule has 0 aliphatic carbocycles. The van der Waals surface area contributed by atoms with Crippen LogP contribution in [0.15, 0.2) is 24.3 Å². The minimum absolute atomic E-state index is 0.369. The highest BCUT2D eigenvalue weighted by atomic mass is 35.5. The predicted octanol–water partition coefficient (Wildman–Crippen LogP) is 3.43. The molecule has 1 aromatic rings. The molecule has 0 saturated heterocycles. The van der Waals surface area contributed by atoms with Crippen LogP contribution in [0.2, 0.25) is 5.02 Å². The summed E-state index contributed by atoms with van der Waals surface area (Å²) in [4.78, 5) is 0. The van der Waals surface area contributed by atoms with Gasteiger partial charge in [0.2, 0.25) is 0 Å². The van der Waals surface area contributed by atoms with Crippen molar-refractivity contribution < 1.29 is 9.47 Å². The van der Waals surface area contributed by atoms with Crippen molar-refractivity contribution in [1.82, 2.24) is 5.32 Å². The van der Waals surface area contributed by atoms with E-state index in [9.17, 15) is 0 Å². The highest BCUT2D eigenvalue weighted by Gasteiger charge is 2.09. The van der Waals surface area contributed by atoms with E-state index in [0.717, 1.165) is 24.4 Å². The largest absolute Gasteiger partial charge is 0.382 e. The van der Waals surface area contributed by atoms with Crippen molar-refractivity contribution in [1.29, 1.82) is 0 Å². The first-order valence-corrected chi connectivity index (χ1v) is 7.21. The number of benzene rings is 1. The molecular weight excluding hydrogens is 262 g/mol. The van der Waals surface area contributed by atoms with Gasteiger partial charge < -0.3 is 14.8 Å². The van der Waals surface area contributed by atoms with Gasteiger partial charge in [0.05, 0.1) is 19.8 Å². The molecule has 0 bridgehead atoms. The smallest absolute Gasteiger partial charge is 0.0700 e. The molecule has 0 aromatic heterocycles. The average Bonchev–Trinajstić information content (AvgIpc) is 2.42. The highest BCUT2D eigenvalue weighted by Crippen LogP contribution is 2.20. The van der Waals surface area contributed by atoms with Crippen molar-refractivity contribution >= 4 is 11.6 Å². The quantitative estimate of drug-likeness (QED) is 0.668. The number of hydrogen-bond donors (Lipinski definition) is 1. The molecule has 0 aliphatic heterocycles. The van der Waals surface area contributed by atoms with Crippen molar-refractivity contribution in [3.05, 3.63) is 34.9 Å². The van der Waals surface area contributed by atoms with Crippen LogP contribution in [0, 0.1) is 0 Å². The summed E-state index contributed by atoms with van der Waals surface area (Å²) in [7, 11) is 1.68. The summed E-state index contributed by atoms with van der Waals surface area (Å²) in [6.07, 6.45) is 2.25. The molecule has 108 valence electrons. The van der Waals surface area contributed by atoms with Gasteiger partial charge in [-0.15, -0.1) is 0 Å². The lowest BCUT2D eigenvalue weighted by Crippen LogP contribution is -2.25. The Morgan fingerprint density at radius 1 is 1.16 bits per heavy atom. The van der Waals surface area contributed by atoms with Gasteiger partial charge in [0.25, 0.3) is 0 Å². The van der Waals surface area contributed by atoms with Crippen molar-refractivity contribution in [2.75, 3.05) is 33.5 Å². The molecule has 1 N–H and O–H groups in total. The zero-order valence-corrected chi connectivity index (χ0v) is 12.6. The Labute approximate surface area is 121 Å². The first kappa shape index (κ1) is 16.4. The van der Waals surface area contributed by atoms with Crippen LogP contribution in [-0.2, 0) is 9.47 Å². The van der Waals surface area contributed by atoms with Gasteiger partial charge in [-0.2, -0.15) is 0 Å². The maximum atomic E-state index is 5.92. The van der Waals surface area contributed by atoms with E-state index in [1.807, 2.05) is 12.1 Å². The molecule has 0 amide bonds. The van der Waals surface area contributed by atoms with Crippen molar-refractivity contribution in [3.8, 4) is 0 Å². The highest BCUT2D eigenvalue weighted by molar-refractivity contribution is 6.30. The normalized spacial score (nSPS) is 12.6. The van der Waals surface area contributed by atoms with Crippen molar-refractivity contribution in [2.45, 2.75) is 25.8 Å². The van der Waals surface area contributed by atoms with E-state index >= 15 is 0 Å². The Balaban J connectivity index is 2.34. The van der Waals surface area contributed by atoms with Crippen LogP contribution in [0.3, 0.4) is 0 Å². The van der Waals surface area contributed by atoms with Crippen LogP contribution in [0.25, 0.3) is 0 Å². The van der Waals surface area contributed by atoms with Crippen LogP contribution in [-0.4, -0.2) is 33.5 Å². The average molecular weight is 286 g/mol. The fourth-order valence-corrected chi connectivity index (χ4v) is 2.05. The lowest BCUT2D eigenvalue weighted by Gasteiger charge is -2.18. The van der Waals surface area contributed by atoms with Gasteiger partial charge in [0.1, 0.15) is 0 Å². The van der Waals surface area contributed by atoms with E-state index in [0.29, 0.717) is 25.9 Å². The minimum atomic E-state index is 0.369. The summed E-state index contributed by atoms with van der Waals surface area (Å²) in [5, 5.41) is 4.30. The van der Waals surface area contributed by atoms with Gasteiger partial charge in [-0.3, -0.25) is 0 Å². The maximum absolute atomic E-state index is 5.92. The van der Waals surface area contributed by atoms with Gasteiger partial charge in [0, 0.05) is 24.7 Å². The second-order valence-electron chi connectivity index (χ2n) is 4.45. The van der Waals surface area contributed by atoms with Gasteiger partial charge in [-0.1, -0.05) is 37.1 Å². The number of rotatable bonds is 10. The van der Waals surface area contributed by atoms with Gasteiger partial charge in [-0.25, -0.2) is 0 Å². The summed E-state index contributed by atoms with van der Waals surface area (Å²) < 4.78 is 10.4. The van der Waals surface area contributed by atoms with Crippen LogP contribution >= 0.6 is 11.6 Å².